The molecule has 1 N–H and O–H groups in total. The standard InChI is InChI=1S/C11H22N2O/c1-12-6-2-4-10(12)8-13-7-3-5-11(13)9-14/h10-11,14H,2-9H2,1H3/t10-,11+/m0/s1. The van der Waals surface area contributed by atoms with Gasteiger partial charge in [-0.05, 0) is 45.8 Å². The molecule has 0 unspecified atom stereocenters. The molecule has 0 aromatic carbocycles. The maximum absolute atomic E-state index is 9.22. The molecule has 0 amide bonds. The van der Waals surface area contributed by atoms with Crippen LogP contribution in [0.3, 0.4) is 0 Å². The largest absolute Gasteiger partial charge is 0.395 e. The SMILES string of the molecule is CN1CCC[C@H]1CN1CCC[C@@H]1CO. The van der Waals surface area contributed by atoms with Crippen LogP contribution in [0.25, 0.3) is 0 Å². The molecular formula is C11H22N2O. The van der Waals surface area contributed by atoms with E-state index in [1.54, 1.807) is 0 Å². The van der Waals surface area contributed by atoms with E-state index in [1.165, 1.54) is 45.3 Å². The van der Waals surface area contributed by atoms with Crippen LogP contribution in [0.4, 0.5) is 0 Å². The third-order valence-corrected chi connectivity index (χ3v) is 3.83. The summed E-state index contributed by atoms with van der Waals surface area (Å²) in [4.78, 5) is 4.94. The minimum absolute atomic E-state index is 0.344. The maximum Gasteiger partial charge on any atom is 0.0586 e. The van der Waals surface area contributed by atoms with Crippen LogP contribution in [0.5, 0.6) is 0 Å². The Kier molecular flexibility index (Phi) is 3.42. The van der Waals surface area contributed by atoms with E-state index in [2.05, 4.69) is 16.8 Å². The summed E-state index contributed by atoms with van der Waals surface area (Å²) in [5.74, 6) is 0. The van der Waals surface area contributed by atoms with Crippen molar-refractivity contribution in [2.75, 3.05) is 33.3 Å². The minimum Gasteiger partial charge on any atom is -0.395 e. The molecule has 0 aromatic rings. The molecule has 2 fully saturated rings. The van der Waals surface area contributed by atoms with Gasteiger partial charge in [0.15, 0.2) is 0 Å². The highest BCUT2D eigenvalue weighted by atomic mass is 16.3. The van der Waals surface area contributed by atoms with Gasteiger partial charge in [0.05, 0.1) is 6.61 Å². The lowest BCUT2D eigenvalue weighted by atomic mass is 10.2. The van der Waals surface area contributed by atoms with Crippen LogP contribution in [0.15, 0.2) is 0 Å². The molecule has 0 aromatic heterocycles. The number of aliphatic hydroxyl groups excluding tert-OH is 1. The van der Waals surface area contributed by atoms with Gasteiger partial charge in [-0.3, -0.25) is 4.90 Å². The second-order valence-corrected chi connectivity index (χ2v) is 4.75. The van der Waals surface area contributed by atoms with Gasteiger partial charge in [-0.15, -0.1) is 0 Å². The lowest BCUT2D eigenvalue weighted by molar-refractivity contribution is 0.130. The van der Waals surface area contributed by atoms with E-state index in [0.717, 1.165) is 6.04 Å². The zero-order valence-electron chi connectivity index (χ0n) is 9.15. The number of likely N-dealkylation sites (tertiary alicyclic amines) is 2. The molecule has 0 spiro atoms. The summed E-state index contributed by atoms with van der Waals surface area (Å²) in [5.41, 5.74) is 0. The van der Waals surface area contributed by atoms with Gasteiger partial charge in [-0.25, -0.2) is 0 Å². The lowest BCUT2D eigenvalue weighted by Crippen LogP contribution is -2.42. The maximum atomic E-state index is 9.22. The Morgan fingerprint density at radius 3 is 2.50 bits per heavy atom. The quantitative estimate of drug-likeness (QED) is 0.717. The second kappa shape index (κ2) is 4.60. The fourth-order valence-corrected chi connectivity index (χ4v) is 2.82. The number of hydrogen-bond acceptors (Lipinski definition) is 3. The van der Waals surface area contributed by atoms with E-state index in [9.17, 15) is 5.11 Å². The molecule has 2 aliphatic heterocycles. The predicted octanol–water partition coefficient (Wildman–Crippen LogP) is 0.537. The van der Waals surface area contributed by atoms with Gasteiger partial charge in [-0.1, -0.05) is 0 Å². The number of hydrogen-bond donors (Lipinski definition) is 1. The number of nitrogens with zero attached hydrogens (tertiary/aromatic N) is 2. The van der Waals surface area contributed by atoms with Gasteiger partial charge in [0.2, 0.25) is 0 Å². The van der Waals surface area contributed by atoms with Gasteiger partial charge in [0.1, 0.15) is 0 Å². The summed E-state index contributed by atoms with van der Waals surface area (Å²) in [6.07, 6.45) is 5.14. The smallest absolute Gasteiger partial charge is 0.0586 e. The van der Waals surface area contributed by atoms with Crippen molar-refractivity contribution in [1.29, 1.82) is 0 Å². The Hall–Kier alpha value is -0.120. The molecule has 3 heteroatoms. The Balaban J connectivity index is 1.83. The molecule has 2 heterocycles. The van der Waals surface area contributed by atoms with Crippen LogP contribution in [0.1, 0.15) is 25.7 Å². The van der Waals surface area contributed by atoms with Crippen molar-refractivity contribution in [3.8, 4) is 0 Å². The first kappa shape index (κ1) is 10.4. The van der Waals surface area contributed by atoms with E-state index < -0.39 is 0 Å². The predicted molar refractivity (Wildman–Crippen MR) is 57.3 cm³/mol. The molecule has 0 aliphatic carbocycles. The Morgan fingerprint density at radius 1 is 1.14 bits per heavy atom. The van der Waals surface area contributed by atoms with Crippen LogP contribution in [-0.2, 0) is 0 Å². The average molecular weight is 198 g/mol. The van der Waals surface area contributed by atoms with Crippen LogP contribution < -0.4 is 0 Å². The van der Waals surface area contributed by atoms with Crippen LogP contribution in [-0.4, -0.2) is 60.3 Å². The van der Waals surface area contributed by atoms with Crippen molar-refractivity contribution < 1.29 is 5.11 Å². The highest BCUT2D eigenvalue weighted by Gasteiger charge is 2.29. The molecule has 0 radical (unpaired) electrons. The van der Waals surface area contributed by atoms with Crippen molar-refractivity contribution in [3.05, 3.63) is 0 Å². The second-order valence-electron chi connectivity index (χ2n) is 4.75. The summed E-state index contributed by atoms with van der Waals surface area (Å²) in [5, 5.41) is 9.22. The zero-order chi connectivity index (χ0) is 9.97. The van der Waals surface area contributed by atoms with Gasteiger partial charge in [-0.2, -0.15) is 0 Å². The fourth-order valence-electron chi connectivity index (χ4n) is 2.82. The van der Waals surface area contributed by atoms with E-state index in [4.69, 9.17) is 0 Å². The Labute approximate surface area is 86.7 Å². The van der Waals surface area contributed by atoms with E-state index in [-0.39, 0.29) is 0 Å². The molecule has 0 bridgehead atoms. The number of rotatable bonds is 3. The highest BCUT2D eigenvalue weighted by molar-refractivity contribution is 4.85. The fraction of sp³-hybridized carbons (Fsp3) is 1.00. The van der Waals surface area contributed by atoms with Crippen molar-refractivity contribution >= 4 is 0 Å². The number of likely N-dealkylation sites (N-methyl/N-ethyl adjacent to an activating group) is 1. The number of aliphatic hydroxyl groups is 1. The molecular weight excluding hydrogens is 176 g/mol. The summed E-state index contributed by atoms with van der Waals surface area (Å²) < 4.78 is 0. The van der Waals surface area contributed by atoms with Crippen molar-refractivity contribution in [1.82, 2.24) is 9.80 Å². The minimum atomic E-state index is 0.344. The van der Waals surface area contributed by atoms with E-state index in [0.29, 0.717) is 12.6 Å². The van der Waals surface area contributed by atoms with Gasteiger partial charge < -0.3 is 10.0 Å². The van der Waals surface area contributed by atoms with Crippen molar-refractivity contribution in [3.63, 3.8) is 0 Å². The van der Waals surface area contributed by atoms with Crippen LogP contribution >= 0.6 is 0 Å². The molecule has 14 heavy (non-hydrogen) atoms. The molecule has 2 atom stereocenters. The third kappa shape index (κ3) is 2.10. The zero-order valence-corrected chi connectivity index (χ0v) is 9.15. The van der Waals surface area contributed by atoms with Crippen LogP contribution in [0.2, 0.25) is 0 Å². The normalized spacial score (nSPS) is 35.6. The Morgan fingerprint density at radius 2 is 1.86 bits per heavy atom. The summed E-state index contributed by atoms with van der Waals surface area (Å²) in [7, 11) is 2.22. The molecule has 3 nitrogen and oxygen atoms in total. The summed E-state index contributed by atoms with van der Waals surface area (Å²) >= 11 is 0. The van der Waals surface area contributed by atoms with Gasteiger partial charge >= 0.3 is 0 Å². The molecule has 2 rings (SSSR count). The monoisotopic (exact) mass is 198 g/mol. The van der Waals surface area contributed by atoms with Crippen molar-refractivity contribution in [2.24, 2.45) is 0 Å². The van der Waals surface area contributed by atoms with E-state index >= 15 is 0 Å². The first-order valence-electron chi connectivity index (χ1n) is 5.86. The topological polar surface area (TPSA) is 26.7 Å². The summed E-state index contributed by atoms with van der Waals surface area (Å²) in [6, 6.07) is 1.19. The molecule has 2 aliphatic rings. The summed E-state index contributed by atoms with van der Waals surface area (Å²) in [6.45, 7) is 3.95. The van der Waals surface area contributed by atoms with Gasteiger partial charge in [0, 0.05) is 18.6 Å². The first-order chi connectivity index (χ1) is 6.81. The van der Waals surface area contributed by atoms with Crippen molar-refractivity contribution in [2.45, 2.75) is 37.8 Å². The highest BCUT2D eigenvalue weighted by Crippen LogP contribution is 2.21. The van der Waals surface area contributed by atoms with Gasteiger partial charge in [0.25, 0.3) is 0 Å². The first-order valence-corrected chi connectivity index (χ1v) is 5.86. The molecule has 82 valence electrons. The van der Waals surface area contributed by atoms with Crippen LogP contribution in [0, 0.1) is 0 Å². The molecule has 2 saturated heterocycles. The van der Waals surface area contributed by atoms with E-state index in [1.807, 2.05) is 0 Å². The third-order valence-electron chi connectivity index (χ3n) is 3.83. The Bertz CT molecular complexity index is 186. The average Bonchev–Trinajstić information content (AvgIpc) is 2.77. The molecule has 0 saturated carbocycles. The lowest BCUT2D eigenvalue weighted by Gasteiger charge is -2.29.